The lowest BCUT2D eigenvalue weighted by molar-refractivity contribution is -0.114. The van der Waals surface area contributed by atoms with E-state index in [4.69, 9.17) is 5.26 Å². The second kappa shape index (κ2) is 7.14. The third-order valence-electron chi connectivity index (χ3n) is 3.13. The molecule has 22 heavy (non-hydrogen) atoms. The molecule has 0 aromatic heterocycles. The molecule has 2 N–H and O–H groups in total. The van der Waals surface area contributed by atoms with Gasteiger partial charge in [-0.3, -0.25) is 4.79 Å². The van der Waals surface area contributed by atoms with Crippen LogP contribution in [0.4, 0.5) is 17.1 Å². The third kappa shape index (κ3) is 4.25. The number of anilines is 3. The van der Waals surface area contributed by atoms with Crippen molar-refractivity contribution in [1.29, 1.82) is 5.26 Å². The minimum atomic E-state index is -0.138. The van der Waals surface area contributed by atoms with E-state index in [0.29, 0.717) is 11.3 Å². The van der Waals surface area contributed by atoms with E-state index in [1.807, 2.05) is 49.3 Å². The Morgan fingerprint density at radius 1 is 1.05 bits per heavy atom. The number of hydrogen-bond acceptors (Lipinski definition) is 4. The summed E-state index contributed by atoms with van der Waals surface area (Å²) in [6.07, 6.45) is 0. The summed E-state index contributed by atoms with van der Waals surface area (Å²) in [6, 6.07) is 16.6. The molecule has 0 spiro atoms. The lowest BCUT2D eigenvalue weighted by atomic mass is 10.2. The molecule has 0 saturated carbocycles. The lowest BCUT2D eigenvalue weighted by Gasteiger charge is -2.13. The molecule has 0 unspecified atom stereocenters. The molecular weight excluding hydrogens is 276 g/mol. The van der Waals surface area contributed by atoms with Gasteiger partial charge in [0, 0.05) is 31.2 Å². The van der Waals surface area contributed by atoms with Gasteiger partial charge in [0.15, 0.2) is 0 Å². The monoisotopic (exact) mass is 294 g/mol. The number of amides is 1. The van der Waals surface area contributed by atoms with Gasteiger partial charge in [-0.05, 0) is 48.5 Å². The van der Waals surface area contributed by atoms with Crippen LogP contribution in [-0.4, -0.2) is 26.5 Å². The van der Waals surface area contributed by atoms with E-state index in [0.717, 1.165) is 11.4 Å². The average molecular weight is 294 g/mol. The van der Waals surface area contributed by atoms with Crippen LogP contribution < -0.4 is 15.5 Å². The molecule has 0 aliphatic heterocycles. The fraction of sp³-hybridized carbons (Fsp3) is 0.176. The van der Waals surface area contributed by atoms with E-state index in [9.17, 15) is 4.79 Å². The maximum atomic E-state index is 11.9. The second-order valence-electron chi connectivity index (χ2n) is 5.03. The molecule has 2 aromatic rings. The van der Waals surface area contributed by atoms with Gasteiger partial charge in [0.2, 0.25) is 5.91 Å². The standard InChI is InChI=1S/C17H18N4O/c1-21(2)16-9-7-14(8-10-16)19-12-17(22)20-15-5-3-13(11-18)4-6-15/h3-10,19H,12H2,1-2H3,(H,20,22). The van der Waals surface area contributed by atoms with Gasteiger partial charge in [-0.15, -0.1) is 0 Å². The fourth-order valence-electron chi connectivity index (χ4n) is 1.89. The number of carbonyl (C=O) groups excluding carboxylic acids is 1. The first-order valence-corrected chi connectivity index (χ1v) is 6.90. The van der Waals surface area contributed by atoms with E-state index in [2.05, 4.69) is 10.6 Å². The van der Waals surface area contributed by atoms with Crippen LogP contribution in [0.15, 0.2) is 48.5 Å². The number of nitrogens with one attached hydrogen (secondary N) is 2. The van der Waals surface area contributed by atoms with E-state index >= 15 is 0 Å². The van der Waals surface area contributed by atoms with Crippen LogP contribution in [0.5, 0.6) is 0 Å². The Morgan fingerprint density at radius 3 is 2.18 bits per heavy atom. The predicted octanol–water partition coefficient (Wildman–Crippen LogP) is 2.67. The van der Waals surface area contributed by atoms with E-state index < -0.39 is 0 Å². The van der Waals surface area contributed by atoms with Gasteiger partial charge in [0.1, 0.15) is 0 Å². The quantitative estimate of drug-likeness (QED) is 0.889. The highest BCUT2D eigenvalue weighted by atomic mass is 16.1. The minimum absolute atomic E-state index is 0.138. The highest BCUT2D eigenvalue weighted by molar-refractivity contribution is 5.93. The van der Waals surface area contributed by atoms with Gasteiger partial charge >= 0.3 is 0 Å². The van der Waals surface area contributed by atoms with Crippen LogP contribution in [0, 0.1) is 11.3 Å². The van der Waals surface area contributed by atoms with Gasteiger partial charge in [-0.2, -0.15) is 5.26 Å². The van der Waals surface area contributed by atoms with Crippen LogP contribution in [0.1, 0.15) is 5.56 Å². The Morgan fingerprint density at radius 2 is 1.64 bits per heavy atom. The molecule has 0 fully saturated rings. The molecule has 0 bridgehead atoms. The summed E-state index contributed by atoms with van der Waals surface area (Å²) >= 11 is 0. The zero-order chi connectivity index (χ0) is 15.9. The molecular formula is C17H18N4O. The number of rotatable bonds is 5. The number of benzene rings is 2. The van der Waals surface area contributed by atoms with Gasteiger partial charge in [0.25, 0.3) is 0 Å². The Labute approximate surface area is 130 Å². The Bertz CT molecular complexity index is 669. The minimum Gasteiger partial charge on any atom is -0.378 e. The first-order valence-electron chi connectivity index (χ1n) is 6.90. The summed E-state index contributed by atoms with van der Waals surface area (Å²) in [6.45, 7) is 0.182. The molecule has 112 valence electrons. The molecule has 0 radical (unpaired) electrons. The summed E-state index contributed by atoms with van der Waals surface area (Å²) in [5, 5.41) is 14.6. The van der Waals surface area contributed by atoms with Crippen molar-refractivity contribution in [3.8, 4) is 6.07 Å². The number of nitriles is 1. The molecule has 5 heteroatoms. The molecule has 0 saturated heterocycles. The van der Waals surface area contributed by atoms with Crippen LogP contribution in [0.3, 0.4) is 0 Å². The van der Waals surface area contributed by atoms with E-state index in [1.54, 1.807) is 24.3 Å². The Kier molecular flexibility index (Phi) is 4.99. The van der Waals surface area contributed by atoms with Crippen LogP contribution in [-0.2, 0) is 4.79 Å². The van der Waals surface area contributed by atoms with Crippen LogP contribution in [0.25, 0.3) is 0 Å². The van der Waals surface area contributed by atoms with Gasteiger partial charge in [-0.1, -0.05) is 0 Å². The van der Waals surface area contributed by atoms with Crippen molar-refractivity contribution in [1.82, 2.24) is 0 Å². The lowest BCUT2D eigenvalue weighted by Crippen LogP contribution is -2.21. The van der Waals surface area contributed by atoms with Gasteiger partial charge in [-0.25, -0.2) is 0 Å². The van der Waals surface area contributed by atoms with Crippen molar-refractivity contribution in [3.05, 3.63) is 54.1 Å². The Hall–Kier alpha value is -3.00. The summed E-state index contributed by atoms with van der Waals surface area (Å²) in [7, 11) is 3.96. The number of carbonyl (C=O) groups is 1. The van der Waals surface area contributed by atoms with E-state index in [-0.39, 0.29) is 12.5 Å². The van der Waals surface area contributed by atoms with Crippen molar-refractivity contribution in [3.63, 3.8) is 0 Å². The highest BCUT2D eigenvalue weighted by Gasteiger charge is 2.03. The molecule has 0 heterocycles. The Balaban J connectivity index is 1.85. The zero-order valence-corrected chi connectivity index (χ0v) is 12.6. The highest BCUT2D eigenvalue weighted by Crippen LogP contribution is 2.15. The van der Waals surface area contributed by atoms with E-state index in [1.165, 1.54) is 0 Å². The topological polar surface area (TPSA) is 68.2 Å². The van der Waals surface area contributed by atoms with Crippen molar-refractivity contribution in [2.24, 2.45) is 0 Å². The summed E-state index contributed by atoms with van der Waals surface area (Å²) in [5.74, 6) is -0.138. The van der Waals surface area contributed by atoms with Crippen molar-refractivity contribution < 1.29 is 4.79 Å². The summed E-state index contributed by atoms with van der Waals surface area (Å²) < 4.78 is 0. The molecule has 5 nitrogen and oxygen atoms in total. The predicted molar refractivity (Wildman–Crippen MR) is 89.0 cm³/mol. The molecule has 2 rings (SSSR count). The molecule has 2 aromatic carbocycles. The number of hydrogen-bond donors (Lipinski definition) is 2. The maximum Gasteiger partial charge on any atom is 0.243 e. The fourth-order valence-corrected chi connectivity index (χ4v) is 1.89. The van der Waals surface area contributed by atoms with Crippen LogP contribution in [0.2, 0.25) is 0 Å². The van der Waals surface area contributed by atoms with Gasteiger partial charge < -0.3 is 15.5 Å². The van der Waals surface area contributed by atoms with Crippen molar-refractivity contribution >= 4 is 23.0 Å². The first kappa shape index (κ1) is 15.4. The number of nitrogens with zero attached hydrogens (tertiary/aromatic N) is 2. The smallest absolute Gasteiger partial charge is 0.243 e. The normalized spacial score (nSPS) is 9.68. The second-order valence-corrected chi connectivity index (χ2v) is 5.03. The average Bonchev–Trinajstić information content (AvgIpc) is 2.54. The molecule has 0 atom stereocenters. The molecule has 0 aliphatic rings. The maximum absolute atomic E-state index is 11.9. The van der Waals surface area contributed by atoms with Crippen molar-refractivity contribution in [2.75, 3.05) is 36.2 Å². The summed E-state index contributed by atoms with van der Waals surface area (Å²) in [5.41, 5.74) is 3.24. The molecule has 1 amide bonds. The zero-order valence-electron chi connectivity index (χ0n) is 12.6. The van der Waals surface area contributed by atoms with Crippen LogP contribution >= 0.6 is 0 Å². The SMILES string of the molecule is CN(C)c1ccc(NCC(=O)Nc2ccc(C#N)cc2)cc1. The van der Waals surface area contributed by atoms with Crippen molar-refractivity contribution in [2.45, 2.75) is 0 Å². The largest absolute Gasteiger partial charge is 0.378 e. The first-order chi connectivity index (χ1) is 10.6. The van der Waals surface area contributed by atoms with Gasteiger partial charge in [0.05, 0.1) is 18.2 Å². The summed E-state index contributed by atoms with van der Waals surface area (Å²) in [4.78, 5) is 13.9. The third-order valence-corrected chi connectivity index (χ3v) is 3.13. The molecule has 0 aliphatic carbocycles.